The molecule has 1 aromatic rings. The Morgan fingerprint density at radius 1 is 1.07 bits per heavy atom. The van der Waals surface area contributed by atoms with Crippen LogP contribution in [-0.2, 0) is 16.0 Å². The van der Waals surface area contributed by atoms with E-state index in [1.54, 1.807) is 7.05 Å². The minimum atomic E-state index is -0.0190. The summed E-state index contributed by atoms with van der Waals surface area (Å²) < 4.78 is 5.57. The van der Waals surface area contributed by atoms with Crippen molar-refractivity contribution in [3.8, 4) is 0 Å². The molecule has 7 nitrogen and oxygen atoms in total. The van der Waals surface area contributed by atoms with Crippen LogP contribution < -0.4 is 16.0 Å². The van der Waals surface area contributed by atoms with Gasteiger partial charge in [-0.05, 0) is 24.8 Å². The molecule has 0 unspecified atom stereocenters. The van der Waals surface area contributed by atoms with Gasteiger partial charge in [-0.3, -0.25) is 14.7 Å². The first kappa shape index (κ1) is 22.6. The number of hydrogen-bond donors (Lipinski definition) is 3. The molecule has 7 heteroatoms. The molecule has 3 N–H and O–H groups in total. The second-order valence-electron chi connectivity index (χ2n) is 8.25. The van der Waals surface area contributed by atoms with Crippen molar-refractivity contribution in [2.45, 2.75) is 44.1 Å². The Hall–Kier alpha value is -2.12. The summed E-state index contributed by atoms with van der Waals surface area (Å²) in [6, 6.07) is 10.2. The number of nitrogens with one attached hydrogen (secondary N) is 3. The lowest BCUT2D eigenvalue weighted by Crippen LogP contribution is -2.60. The van der Waals surface area contributed by atoms with Crippen LogP contribution in [0.15, 0.2) is 35.3 Å². The highest BCUT2D eigenvalue weighted by Crippen LogP contribution is 2.33. The van der Waals surface area contributed by atoms with Gasteiger partial charge in [0, 0.05) is 38.8 Å². The van der Waals surface area contributed by atoms with Crippen LogP contribution >= 0.6 is 0 Å². The Bertz CT molecular complexity index is 667. The molecule has 0 spiro atoms. The minimum absolute atomic E-state index is 0.0190. The highest BCUT2D eigenvalue weighted by Gasteiger charge is 2.38. The van der Waals surface area contributed by atoms with Crippen molar-refractivity contribution in [2.24, 2.45) is 4.99 Å². The van der Waals surface area contributed by atoms with Crippen molar-refractivity contribution in [1.29, 1.82) is 0 Å². The van der Waals surface area contributed by atoms with E-state index in [0.29, 0.717) is 12.5 Å². The monoisotopic (exact) mass is 415 g/mol. The number of morpholine rings is 1. The van der Waals surface area contributed by atoms with Gasteiger partial charge >= 0.3 is 0 Å². The van der Waals surface area contributed by atoms with Gasteiger partial charge in [-0.2, -0.15) is 0 Å². The van der Waals surface area contributed by atoms with Crippen LogP contribution in [0.5, 0.6) is 0 Å². The van der Waals surface area contributed by atoms with E-state index in [9.17, 15) is 4.79 Å². The molecular weight excluding hydrogens is 378 g/mol. The van der Waals surface area contributed by atoms with Crippen molar-refractivity contribution in [2.75, 3.05) is 53.0 Å². The van der Waals surface area contributed by atoms with E-state index in [2.05, 4.69) is 38.0 Å². The third-order valence-electron chi connectivity index (χ3n) is 6.27. The summed E-state index contributed by atoms with van der Waals surface area (Å²) in [5.41, 5.74) is 1.39. The van der Waals surface area contributed by atoms with E-state index in [0.717, 1.165) is 39.3 Å². The van der Waals surface area contributed by atoms with Crippen LogP contribution in [0.2, 0.25) is 0 Å². The molecule has 166 valence electrons. The number of hydrogen-bond acceptors (Lipinski definition) is 4. The number of rotatable bonds is 8. The maximum Gasteiger partial charge on any atom is 0.239 e. The molecule has 30 heavy (non-hydrogen) atoms. The molecule has 1 amide bonds. The van der Waals surface area contributed by atoms with E-state index < -0.39 is 0 Å². The minimum Gasteiger partial charge on any atom is -0.379 e. The van der Waals surface area contributed by atoms with Crippen molar-refractivity contribution in [3.05, 3.63) is 35.9 Å². The fraction of sp³-hybridized carbons (Fsp3) is 0.652. The Morgan fingerprint density at radius 2 is 1.80 bits per heavy atom. The average molecular weight is 416 g/mol. The molecule has 1 aliphatic carbocycles. The molecule has 1 heterocycles. The predicted molar refractivity (Wildman–Crippen MR) is 121 cm³/mol. The van der Waals surface area contributed by atoms with Crippen molar-refractivity contribution in [3.63, 3.8) is 0 Å². The van der Waals surface area contributed by atoms with E-state index in [4.69, 9.17) is 4.74 Å². The largest absolute Gasteiger partial charge is 0.379 e. The highest BCUT2D eigenvalue weighted by molar-refractivity contribution is 5.86. The zero-order valence-corrected chi connectivity index (χ0v) is 18.3. The van der Waals surface area contributed by atoms with Gasteiger partial charge in [-0.25, -0.2) is 0 Å². The first-order chi connectivity index (χ1) is 14.7. The summed E-state index contributed by atoms with van der Waals surface area (Å²) in [6.07, 6.45) is 7.11. The van der Waals surface area contributed by atoms with Gasteiger partial charge in [-0.15, -0.1) is 0 Å². The number of nitrogens with zero attached hydrogens (tertiary/aromatic N) is 2. The quantitative estimate of drug-likeness (QED) is 0.444. The number of aliphatic imine (C=N–C) groups is 1. The number of carbonyl (C=O) groups excluding carboxylic acids is 1. The van der Waals surface area contributed by atoms with Gasteiger partial charge in [0.2, 0.25) is 5.91 Å². The van der Waals surface area contributed by atoms with Gasteiger partial charge in [-0.1, -0.05) is 49.6 Å². The van der Waals surface area contributed by atoms with Gasteiger partial charge in [0.05, 0.1) is 19.8 Å². The van der Waals surface area contributed by atoms with Gasteiger partial charge in [0.15, 0.2) is 5.96 Å². The molecule has 1 aromatic carbocycles. The van der Waals surface area contributed by atoms with Crippen LogP contribution in [0.4, 0.5) is 0 Å². The maximum atomic E-state index is 12.2. The second-order valence-corrected chi connectivity index (χ2v) is 8.25. The van der Waals surface area contributed by atoms with Crippen LogP contribution in [0.3, 0.4) is 0 Å². The SMILES string of the molecule is CN=C(NCC(=O)NCCc1ccccc1)NCC1(N2CCOCC2)CCCCC1. The number of carbonyl (C=O) groups is 1. The zero-order valence-electron chi connectivity index (χ0n) is 18.3. The molecule has 3 rings (SSSR count). The molecule has 2 fully saturated rings. The lowest BCUT2D eigenvalue weighted by molar-refractivity contribution is -0.119. The summed E-state index contributed by atoms with van der Waals surface area (Å²) in [6.45, 7) is 5.34. The molecule has 0 bridgehead atoms. The second kappa shape index (κ2) is 11.9. The molecular formula is C23H37N5O2. The molecule has 1 saturated carbocycles. The predicted octanol–water partition coefficient (Wildman–Crippen LogP) is 1.55. The Morgan fingerprint density at radius 3 is 2.50 bits per heavy atom. The van der Waals surface area contributed by atoms with Crippen LogP contribution in [0.1, 0.15) is 37.7 Å². The van der Waals surface area contributed by atoms with Gasteiger partial charge in [0.1, 0.15) is 0 Å². The third kappa shape index (κ3) is 6.71. The molecule has 0 radical (unpaired) electrons. The van der Waals surface area contributed by atoms with Crippen LogP contribution in [0.25, 0.3) is 0 Å². The lowest BCUT2D eigenvalue weighted by Gasteiger charge is -2.48. The Kier molecular flexibility index (Phi) is 8.96. The number of ether oxygens (including phenoxy) is 1. The summed E-state index contributed by atoms with van der Waals surface area (Å²) in [4.78, 5) is 19.1. The fourth-order valence-corrected chi connectivity index (χ4v) is 4.54. The summed E-state index contributed by atoms with van der Waals surface area (Å²) in [7, 11) is 1.75. The van der Waals surface area contributed by atoms with E-state index in [-0.39, 0.29) is 18.0 Å². The van der Waals surface area contributed by atoms with Crippen molar-refractivity contribution >= 4 is 11.9 Å². The highest BCUT2D eigenvalue weighted by atomic mass is 16.5. The summed E-state index contributed by atoms with van der Waals surface area (Å²) in [5, 5.41) is 9.62. The molecule has 0 aromatic heterocycles. The third-order valence-corrected chi connectivity index (χ3v) is 6.27. The Labute approximate surface area is 180 Å². The zero-order chi connectivity index (χ0) is 21.1. The van der Waals surface area contributed by atoms with Gasteiger partial charge in [0.25, 0.3) is 0 Å². The number of guanidine groups is 1. The maximum absolute atomic E-state index is 12.2. The summed E-state index contributed by atoms with van der Waals surface area (Å²) in [5.74, 6) is 0.667. The molecule has 1 saturated heterocycles. The van der Waals surface area contributed by atoms with Crippen LogP contribution in [0, 0.1) is 0 Å². The van der Waals surface area contributed by atoms with Crippen molar-refractivity contribution in [1.82, 2.24) is 20.9 Å². The molecule has 1 aliphatic heterocycles. The van der Waals surface area contributed by atoms with E-state index in [1.165, 1.54) is 37.7 Å². The van der Waals surface area contributed by atoms with E-state index >= 15 is 0 Å². The smallest absolute Gasteiger partial charge is 0.239 e. The normalized spacial score (nSPS) is 19.8. The van der Waals surface area contributed by atoms with Crippen molar-refractivity contribution < 1.29 is 9.53 Å². The fourth-order valence-electron chi connectivity index (χ4n) is 4.54. The number of amides is 1. The summed E-state index contributed by atoms with van der Waals surface area (Å²) >= 11 is 0. The Balaban J connectivity index is 1.42. The average Bonchev–Trinajstić information content (AvgIpc) is 2.81. The topological polar surface area (TPSA) is 78.0 Å². The standard InChI is InChI=1S/C23H37N5O2/c1-24-22(26-18-21(29)25-13-10-20-8-4-2-5-9-20)27-19-23(11-6-3-7-12-23)28-14-16-30-17-15-28/h2,4-5,8-9H,3,6-7,10-19H2,1H3,(H,25,29)(H2,24,26,27). The van der Waals surface area contributed by atoms with Gasteiger partial charge < -0.3 is 20.7 Å². The van der Waals surface area contributed by atoms with Crippen LogP contribution in [-0.4, -0.2) is 75.3 Å². The first-order valence-electron chi connectivity index (χ1n) is 11.3. The first-order valence-corrected chi connectivity index (χ1v) is 11.3. The lowest BCUT2D eigenvalue weighted by atomic mass is 9.80. The number of benzene rings is 1. The van der Waals surface area contributed by atoms with E-state index in [1.807, 2.05) is 18.2 Å². The molecule has 0 atom stereocenters. The molecule has 2 aliphatic rings.